The lowest BCUT2D eigenvalue weighted by Crippen LogP contribution is -2.38. The van der Waals surface area contributed by atoms with Gasteiger partial charge in [-0.15, -0.1) is 0 Å². The first-order chi connectivity index (χ1) is 13.5. The van der Waals surface area contributed by atoms with E-state index >= 15 is 0 Å². The summed E-state index contributed by atoms with van der Waals surface area (Å²) in [6, 6.07) is 7.93. The summed E-state index contributed by atoms with van der Waals surface area (Å²) in [5.74, 6) is 0.784. The maximum absolute atomic E-state index is 12.8. The van der Waals surface area contributed by atoms with E-state index in [0.29, 0.717) is 6.54 Å². The van der Waals surface area contributed by atoms with Crippen LogP contribution in [0.25, 0.3) is 0 Å². The molecule has 1 aliphatic rings. The van der Waals surface area contributed by atoms with Crippen molar-refractivity contribution in [1.29, 1.82) is 0 Å². The Bertz CT molecular complexity index is 812. The first-order valence-electron chi connectivity index (χ1n) is 9.73. The highest BCUT2D eigenvalue weighted by molar-refractivity contribution is 5.93. The smallest absolute Gasteiger partial charge is 0.238 e. The lowest BCUT2D eigenvalue weighted by molar-refractivity contribution is -0.117. The molecule has 1 amide bonds. The van der Waals surface area contributed by atoms with Gasteiger partial charge in [0, 0.05) is 32.3 Å². The standard InChI is InChI=1S/C21H30N4O3/c1-15-21(16(2)24(3)23-15)22-20(26)14-25(13-18-9-7-11-28-18)12-17-8-5-6-10-19(17)27-4/h5-6,8,10,18H,7,9,11-14H2,1-4H3,(H,22,26). The van der Waals surface area contributed by atoms with E-state index in [4.69, 9.17) is 9.47 Å². The van der Waals surface area contributed by atoms with E-state index < -0.39 is 0 Å². The Morgan fingerprint density at radius 2 is 2.18 bits per heavy atom. The first-order valence-corrected chi connectivity index (χ1v) is 9.73. The molecule has 2 heterocycles. The van der Waals surface area contributed by atoms with Crippen molar-refractivity contribution in [1.82, 2.24) is 14.7 Å². The quantitative estimate of drug-likeness (QED) is 0.755. The van der Waals surface area contributed by atoms with E-state index in [0.717, 1.165) is 54.4 Å². The number of carbonyl (C=O) groups excluding carboxylic acids is 1. The minimum atomic E-state index is -0.0490. The van der Waals surface area contributed by atoms with Gasteiger partial charge in [-0.1, -0.05) is 18.2 Å². The zero-order valence-electron chi connectivity index (χ0n) is 17.2. The molecule has 0 saturated carbocycles. The van der Waals surface area contributed by atoms with Crippen LogP contribution in [0.5, 0.6) is 5.75 Å². The fourth-order valence-electron chi connectivity index (χ4n) is 3.67. The van der Waals surface area contributed by atoms with Crippen LogP contribution < -0.4 is 10.1 Å². The van der Waals surface area contributed by atoms with E-state index in [1.807, 2.05) is 45.2 Å². The number of hydrogen-bond acceptors (Lipinski definition) is 5. The molecular formula is C21H30N4O3. The summed E-state index contributed by atoms with van der Waals surface area (Å²) < 4.78 is 13.1. The van der Waals surface area contributed by atoms with E-state index in [2.05, 4.69) is 15.3 Å². The van der Waals surface area contributed by atoms with E-state index in [1.165, 1.54) is 0 Å². The molecule has 28 heavy (non-hydrogen) atoms. The van der Waals surface area contributed by atoms with Crippen molar-refractivity contribution in [2.45, 2.75) is 39.3 Å². The molecule has 1 fully saturated rings. The summed E-state index contributed by atoms with van der Waals surface area (Å²) in [5, 5.41) is 7.40. The van der Waals surface area contributed by atoms with Gasteiger partial charge >= 0.3 is 0 Å². The van der Waals surface area contributed by atoms with Crippen molar-refractivity contribution in [3.63, 3.8) is 0 Å². The van der Waals surface area contributed by atoms with Gasteiger partial charge in [0.15, 0.2) is 0 Å². The molecule has 0 spiro atoms. The summed E-state index contributed by atoms with van der Waals surface area (Å²) in [5.41, 5.74) is 3.62. The number of anilines is 1. The van der Waals surface area contributed by atoms with Gasteiger partial charge in [-0.3, -0.25) is 14.4 Å². The topological polar surface area (TPSA) is 68.6 Å². The molecule has 0 aliphatic carbocycles. The molecular weight excluding hydrogens is 356 g/mol. The monoisotopic (exact) mass is 386 g/mol. The van der Waals surface area contributed by atoms with Crippen LogP contribution in [-0.2, 0) is 23.1 Å². The normalized spacial score (nSPS) is 16.5. The second-order valence-electron chi connectivity index (χ2n) is 7.33. The molecule has 1 N–H and O–H groups in total. The number of nitrogens with one attached hydrogen (secondary N) is 1. The van der Waals surface area contributed by atoms with Gasteiger partial charge < -0.3 is 14.8 Å². The zero-order valence-corrected chi connectivity index (χ0v) is 17.2. The predicted molar refractivity (Wildman–Crippen MR) is 109 cm³/mol. The van der Waals surface area contributed by atoms with Crippen molar-refractivity contribution >= 4 is 11.6 Å². The molecule has 7 heteroatoms. The summed E-state index contributed by atoms with van der Waals surface area (Å²) in [4.78, 5) is 14.9. The van der Waals surface area contributed by atoms with Crippen LogP contribution in [0.2, 0.25) is 0 Å². The summed E-state index contributed by atoms with van der Waals surface area (Å²) in [7, 11) is 3.55. The maximum atomic E-state index is 12.8. The summed E-state index contributed by atoms with van der Waals surface area (Å²) >= 11 is 0. The second kappa shape index (κ2) is 9.21. The number of aromatic nitrogens is 2. The van der Waals surface area contributed by atoms with Gasteiger partial charge in [0.25, 0.3) is 0 Å². The lowest BCUT2D eigenvalue weighted by Gasteiger charge is -2.25. The second-order valence-corrected chi connectivity index (χ2v) is 7.33. The van der Waals surface area contributed by atoms with Crippen LogP contribution in [0.1, 0.15) is 29.8 Å². The van der Waals surface area contributed by atoms with Crippen molar-refractivity contribution in [2.24, 2.45) is 7.05 Å². The molecule has 0 radical (unpaired) electrons. The number of hydrogen-bond donors (Lipinski definition) is 1. The number of methoxy groups -OCH3 is 1. The number of rotatable bonds is 8. The average Bonchev–Trinajstić information content (AvgIpc) is 3.26. The number of aryl methyl sites for hydroxylation is 2. The van der Waals surface area contributed by atoms with Gasteiger partial charge in [0.1, 0.15) is 5.75 Å². The minimum Gasteiger partial charge on any atom is -0.496 e. The molecule has 1 unspecified atom stereocenters. The number of benzene rings is 1. The summed E-state index contributed by atoms with van der Waals surface area (Å²) in [6.45, 7) is 6.29. The number of nitrogens with zero attached hydrogens (tertiary/aromatic N) is 3. The summed E-state index contributed by atoms with van der Waals surface area (Å²) in [6.07, 6.45) is 2.28. The van der Waals surface area contributed by atoms with Crippen LogP contribution in [0.15, 0.2) is 24.3 Å². The highest BCUT2D eigenvalue weighted by Crippen LogP contribution is 2.22. The molecule has 1 aliphatic heterocycles. The van der Waals surface area contributed by atoms with Crippen LogP contribution in [-0.4, -0.2) is 53.5 Å². The Labute approximate surface area is 166 Å². The lowest BCUT2D eigenvalue weighted by atomic mass is 10.1. The molecule has 2 aromatic rings. The van der Waals surface area contributed by atoms with Crippen LogP contribution in [0.4, 0.5) is 5.69 Å². The number of carbonyl (C=O) groups is 1. The van der Waals surface area contributed by atoms with Crippen molar-refractivity contribution < 1.29 is 14.3 Å². The van der Waals surface area contributed by atoms with E-state index in [-0.39, 0.29) is 18.6 Å². The Balaban J connectivity index is 1.71. The predicted octanol–water partition coefficient (Wildman–Crippen LogP) is 2.67. The van der Waals surface area contributed by atoms with Crippen LogP contribution in [0, 0.1) is 13.8 Å². The first kappa shape index (κ1) is 20.4. The number of ether oxygens (including phenoxy) is 2. The SMILES string of the molecule is COc1ccccc1CN(CC(=O)Nc1c(C)nn(C)c1C)CC1CCCO1. The third kappa shape index (κ3) is 4.91. The Morgan fingerprint density at radius 3 is 2.82 bits per heavy atom. The highest BCUT2D eigenvalue weighted by Gasteiger charge is 2.22. The minimum absolute atomic E-state index is 0.0490. The van der Waals surface area contributed by atoms with Gasteiger partial charge in [-0.25, -0.2) is 0 Å². The molecule has 1 aromatic heterocycles. The number of para-hydroxylation sites is 1. The van der Waals surface area contributed by atoms with Crippen LogP contribution >= 0.6 is 0 Å². The molecule has 1 saturated heterocycles. The van der Waals surface area contributed by atoms with E-state index in [9.17, 15) is 4.79 Å². The Hall–Kier alpha value is -2.38. The molecule has 1 aromatic carbocycles. The van der Waals surface area contributed by atoms with Crippen molar-refractivity contribution in [3.8, 4) is 5.75 Å². The molecule has 152 valence electrons. The fourth-order valence-corrected chi connectivity index (χ4v) is 3.67. The zero-order chi connectivity index (χ0) is 20.1. The molecule has 0 bridgehead atoms. The van der Waals surface area contributed by atoms with Gasteiger partial charge in [0.2, 0.25) is 5.91 Å². The van der Waals surface area contributed by atoms with Crippen molar-refractivity contribution in [3.05, 3.63) is 41.2 Å². The highest BCUT2D eigenvalue weighted by atomic mass is 16.5. The molecule has 3 rings (SSSR count). The Kier molecular flexibility index (Phi) is 6.70. The molecule has 1 atom stereocenters. The Morgan fingerprint density at radius 1 is 1.39 bits per heavy atom. The third-order valence-corrected chi connectivity index (χ3v) is 5.21. The van der Waals surface area contributed by atoms with Crippen molar-refractivity contribution in [2.75, 3.05) is 32.1 Å². The van der Waals surface area contributed by atoms with E-state index in [1.54, 1.807) is 11.8 Å². The maximum Gasteiger partial charge on any atom is 0.238 e. The van der Waals surface area contributed by atoms with Gasteiger partial charge in [-0.05, 0) is 32.8 Å². The van der Waals surface area contributed by atoms with Gasteiger partial charge in [-0.2, -0.15) is 5.10 Å². The van der Waals surface area contributed by atoms with Crippen LogP contribution in [0.3, 0.4) is 0 Å². The third-order valence-electron chi connectivity index (χ3n) is 5.21. The van der Waals surface area contributed by atoms with Gasteiger partial charge in [0.05, 0.1) is 36.8 Å². The largest absolute Gasteiger partial charge is 0.496 e. The average molecular weight is 386 g/mol. The molecule has 7 nitrogen and oxygen atoms in total. The number of amides is 1. The fraction of sp³-hybridized carbons (Fsp3) is 0.524.